The lowest BCUT2D eigenvalue weighted by Crippen LogP contribution is -2.00. The molecule has 88 valence electrons. The number of hydrogen-bond donors (Lipinski definition) is 2. The van der Waals surface area contributed by atoms with Crippen molar-refractivity contribution in [2.45, 2.75) is 0 Å². The maximum absolute atomic E-state index is 5.93. The summed E-state index contributed by atoms with van der Waals surface area (Å²) in [7, 11) is 0. The average Bonchev–Trinajstić information content (AvgIpc) is 2.40. The van der Waals surface area contributed by atoms with E-state index in [4.69, 9.17) is 11.5 Å². The second kappa shape index (κ2) is 4.00. The van der Waals surface area contributed by atoms with Crippen molar-refractivity contribution in [2.75, 3.05) is 11.5 Å². The summed E-state index contributed by atoms with van der Waals surface area (Å²) in [6.45, 7) is 0. The van der Waals surface area contributed by atoms with Gasteiger partial charge in [0.05, 0.1) is 16.9 Å². The minimum atomic E-state index is 0.235. The van der Waals surface area contributed by atoms with Crippen LogP contribution in [-0.4, -0.2) is 9.97 Å². The highest BCUT2D eigenvalue weighted by Crippen LogP contribution is 2.29. The Kier molecular flexibility index (Phi) is 2.34. The van der Waals surface area contributed by atoms with Gasteiger partial charge in [-0.15, -0.1) is 0 Å². The van der Waals surface area contributed by atoms with Crippen LogP contribution in [0.1, 0.15) is 0 Å². The monoisotopic (exact) mass is 236 g/mol. The van der Waals surface area contributed by atoms with Crippen LogP contribution in [-0.2, 0) is 0 Å². The van der Waals surface area contributed by atoms with Crippen molar-refractivity contribution in [3.63, 3.8) is 0 Å². The molecule has 1 heterocycles. The number of nitrogen functional groups attached to an aromatic ring is 2. The number of benzene rings is 2. The molecule has 18 heavy (non-hydrogen) atoms. The van der Waals surface area contributed by atoms with Gasteiger partial charge >= 0.3 is 0 Å². The number of aromatic nitrogens is 2. The highest BCUT2D eigenvalue weighted by Gasteiger charge is 2.09. The third-order valence-corrected chi connectivity index (χ3v) is 2.82. The summed E-state index contributed by atoms with van der Waals surface area (Å²) in [6, 6.07) is 15.5. The largest absolute Gasteiger partial charge is 0.397 e. The first-order valence-corrected chi connectivity index (χ1v) is 5.63. The summed E-state index contributed by atoms with van der Waals surface area (Å²) >= 11 is 0. The van der Waals surface area contributed by atoms with E-state index in [9.17, 15) is 0 Å². The van der Waals surface area contributed by atoms with E-state index in [1.807, 2.05) is 48.5 Å². The van der Waals surface area contributed by atoms with Crippen molar-refractivity contribution in [1.29, 1.82) is 0 Å². The van der Waals surface area contributed by atoms with Crippen molar-refractivity contribution in [3.8, 4) is 11.3 Å². The van der Waals surface area contributed by atoms with Gasteiger partial charge in [0, 0.05) is 10.9 Å². The van der Waals surface area contributed by atoms with E-state index in [1.54, 1.807) is 0 Å². The third kappa shape index (κ3) is 1.64. The van der Waals surface area contributed by atoms with E-state index >= 15 is 0 Å². The van der Waals surface area contributed by atoms with Crippen LogP contribution in [0.25, 0.3) is 22.2 Å². The second-order valence-corrected chi connectivity index (χ2v) is 4.04. The molecule has 0 amide bonds. The number of anilines is 2. The topological polar surface area (TPSA) is 77.8 Å². The van der Waals surface area contributed by atoms with Gasteiger partial charge in [0.15, 0.2) is 0 Å². The molecular formula is C14H12N4. The number of para-hydroxylation sites is 1. The number of rotatable bonds is 1. The zero-order valence-electron chi connectivity index (χ0n) is 9.67. The van der Waals surface area contributed by atoms with E-state index in [2.05, 4.69) is 9.97 Å². The Morgan fingerprint density at radius 1 is 0.778 bits per heavy atom. The summed E-state index contributed by atoms with van der Waals surface area (Å²) in [6.07, 6.45) is 0. The molecule has 3 aromatic rings. The van der Waals surface area contributed by atoms with Crippen LogP contribution < -0.4 is 11.5 Å². The molecule has 0 saturated heterocycles. The van der Waals surface area contributed by atoms with Crippen molar-refractivity contribution in [3.05, 3.63) is 48.5 Å². The summed E-state index contributed by atoms with van der Waals surface area (Å²) in [5.74, 6) is 0.235. The quantitative estimate of drug-likeness (QED) is 0.636. The highest BCUT2D eigenvalue weighted by atomic mass is 15.0. The van der Waals surface area contributed by atoms with E-state index in [0.29, 0.717) is 11.2 Å². The Balaban J connectivity index is 2.39. The number of nitrogens with two attached hydrogens (primary N) is 2. The standard InChI is InChI=1S/C14H12N4/c15-11-8-4-7-10-12(9-5-2-1-3-6-9)17-14(16)18-13(10)11/h1-8H,15H2,(H2,16,17,18). The molecule has 2 aromatic carbocycles. The molecule has 0 spiro atoms. The third-order valence-electron chi connectivity index (χ3n) is 2.82. The highest BCUT2D eigenvalue weighted by molar-refractivity contribution is 5.98. The number of nitrogens with zero attached hydrogens (tertiary/aromatic N) is 2. The molecule has 0 fully saturated rings. The predicted molar refractivity (Wildman–Crippen MR) is 73.8 cm³/mol. The molecule has 0 unspecified atom stereocenters. The Bertz CT molecular complexity index is 708. The fourth-order valence-corrected chi connectivity index (χ4v) is 2.01. The van der Waals surface area contributed by atoms with Crippen LogP contribution >= 0.6 is 0 Å². The van der Waals surface area contributed by atoms with Crippen LogP contribution in [0.4, 0.5) is 11.6 Å². The Morgan fingerprint density at radius 2 is 1.56 bits per heavy atom. The Morgan fingerprint density at radius 3 is 2.33 bits per heavy atom. The van der Waals surface area contributed by atoms with E-state index in [1.165, 1.54) is 0 Å². The van der Waals surface area contributed by atoms with Gasteiger partial charge in [-0.05, 0) is 6.07 Å². The Labute approximate surface area is 104 Å². The lowest BCUT2D eigenvalue weighted by Gasteiger charge is -2.08. The molecule has 0 radical (unpaired) electrons. The van der Waals surface area contributed by atoms with Gasteiger partial charge in [-0.2, -0.15) is 0 Å². The van der Waals surface area contributed by atoms with Gasteiger partial charge in [-0.1, -0.05) is 42.5 Å². The van der Waals surface area contributed by atoms with Crippen molar-refractivity contribution < 1.29 is 0 Å². The first-order valence-electron chi connectivity index (χ1n) is 5.63. The zero-order valence-corrected chi connectivity index (χ0v) is 9.67. The zero-order chi connectivity index (χ0) is 12.5. The summed E-state index contributed by atoms with van der Waals surface area (Å²) in [5, 5.41) is 0.912. The van der Waals surface area contributed by atoms with E-state index in [-0.39, 0.29) is 5.95 Å². The molecule has 0 atom stereocenters. The minimum Gasteiger partial charge on any atom is -0.397 e. The minimum absolute atomic E-state index is 0.235. The molecule has 0 aliphatic carbocycles. The van der Waals surface area contributed by atoms with Crippen molar-refractivity contribution in [1.82, 2.24) is 9.97 Å². The van der Waals surface area contributed by atoms with Crippen molar-refractivity contribution in [2.24, 2.45) is 0 Å². The van der Waals surface area contributed by atoms with Gasteiger partial charge < -0.3 is 11.5 Å². The molecular weight excluding hydrogens is 224 g/mol. The fraction of sp³-hybridized carbons (Fsp3) is 0. The van der Waals surface area contributed by atoms with Gasteiger partial charge in [0.1, 0.15) is 0 Å². The van der Waals surface area contributed by atoms with Gasteiger partial charge in [0.2, 0.25) is 5.95 Å². The average molecular weight is 236 g/mol. The first kappa shape index (κ1) is 10.5. The molecule has 3 rings (SSSR count). The van der Waals surface area contributed by atoms with Crippen LogP contribution in [0.15, 0.2) is 48.5 Å². The molecule has 0 aliphatic heterocycles. The smallest absolute Gasteiger partial charge is 0.221 e. The van der Waals surface area contributed by atoms with Gasteiger partial charge in [-0.25, -0.2) is 9.97 Å². The van der Waals surface area contributed by atoms with Gasteiger partial charge in [0.25, 0.3) is 0 Å². The summed E-state index contributed by atoms with van der Waals surface area (Å²) < 4.78 is 0. The van der Waals surface area contributed by atoms with E-state index in [0.717, 1.165) is 16.6 Å². The predicted octanol–water partition coefficient (Wildman–Crippen LogP) is 2.46. The first-order chi connectivity index (χ1) is 8.75. The summed E-state index contributed by atoms with van der Waals surface area (Å²) in [4.78, 5) is 8.53. The van der Waals surface area contributed by atoms with Crippen LogP contribution in [0, 0.1) is 0 Å². The second-order valence-electron chi connectivity index (χ2n) is 4.04. The number of hydrogen-bond acceptors (Lipinski definition) is 4. The van der Waals surface area contributed by atoms with Gasteiger partial charge in [-0.3, -0.25) is 0 Å². The lowest BCUT2D eigenvalue weighted by atomic mass is 10.1. The summed E-state index contributed by atoms with van der Waals surface area (Å²) in [5.41, 5.74) is 14.8. The molecule has 0 saturated carbocycles. The lowest BCUT2D eigenvalue weighted by molar-refractivity contribution is 1.24. The maximum Gasteiger partial charge on any atom is 0.221 e. The number of fused-ring (bicyclic) bond motifs is 1. The van der Waals surface area contributed by atoms with Crippen LogP contribution in [0.2, 0.25) is 0 Å². The molecule has 1 aromatic heterocycles. The molecule has 4 nitrogen and oxygen atoms in total. The normalized spacial score (nSPS) is 10.7. The molecule has 4 heteroatoms. The van der Waals surface area contributed by atoms with E-state index < -0.39 is 0 Å². The molecule has 0 bridgehead atoms. The van der Waals surface area contributed by atoms with Crippen LogP contribution in [0.5, 0.6) is 0 Å². The molecule has 4 N–H and O–H groups in total. The maximum atomic E-state index is 5.93. The van der Waals surface area contributed by atoms with Crippen LogP contribution in [0.3, 0.4) is 0 Å². The van der Waals surface area contributed by atoms with Crippen molar-refractivity contribution >= 4 is 22.5 Å². The SMILES string of the molecule is Nc1nc(-c2ccccc2)c2cccc(N)c2n1. The Hall–Kier alpha value is -2.62. The fourth-order valence-electron chi connectivity index (χ4n) is 2.01. The molecule has 0 aliphatic rings.